The number of aromatic nitrogens is 1. The Bertz CT molecular complexity index is 748. The van der Waals surface area contributed by atoms with E-state index in [2.05, 4.69) is 10.5 Å². The third kappa shape index (κ3) is 4.70. The number of carbonyl (C=O) groups is 1. The maximum absolute atomic E-state index is 12.9. The summed E-state index contributed by atoms with van der Waals surface area (Å²) in [6, 6.07) is 1.56. The topological polar surface area (TPSA) is 108 Å². The van der Waals surface area contributed by atoms with Crippen molar-refractivity contribution in [3.05, 3.63) is 11.8 Å². The molecule has 0 aliphatic carbocycles. The number of hydrogen-bond donors (Lipinski definition) is 1. The molecule has 1 fully saturated rings. The van der Waals surface area contributed by atoms with Gasteiger partial charge in [0.05, 0.1) is 5.25 Å². The fraction of sp³-hybridized carbons (Fsp3) is 0.778. The molecule has 1 aliphatic heterocycles. The minimum absolute atomic E-state index is 0.0958. The van der Waals surface area contributed by atoms with Gasteiger partial charge in [0.1, 0.15) is 16.0 Å². The van der Waals surface area contributed by atoms with Gasteiger partial charge < -0.3 is 14.0 Å². The average molecular weight is 403 g/mol. The van der Waals surface area contributed by atoms with Gasteiger partial charge in [-0.15, -0.1) is 0 Å². The van der Waals surface area contributed by atoms with Crippen molar-refractivity contribution in [1.29, 1.82) is 0 Å². The number of rotatable bonds is 8. The van der Waals surface area contributed by atoms with Crippen LogP contribution in [0, 0.1) is 0 Å². The zero-order valence-electron chi connectivity index (χ0n) is 16.7. The minimum Gasteiger partial charge on any atom is -0.381 e. The number of nitrogens with one attached hydrogen (secondary N) is 1. The summed E-state index contributed by atoms with van der Waals surface area (Å²) in [4.78, 5) is 12.7. The lowest BCUT2D eigenvalue weighted by atomic mass is 10.1. The maximum Gasteiger partial charge on any atom is 0.247 e. The van der Waals surface area contributed by atoms with Crippen molar-refractivity contribution in [2.75, 3.05) is 25.1 Å². The smallest absolute Gasteiger partial charge is 0.247 e. The second-order valence-electron chi connectivity index (χ2n) is 7.76. The number of anilines is 1. The van der Waals surface area contributed by atoms with Gasteiger partial charge in [0.25, 0.3) is 0 Å². The van der Waals surface area contributed by atoms with E-state index < -0.39 is 31.3 Å². The van der Waals surface area contributed by atoms with E-state index in [1.807, 2.05) is 20.8 Å². The quantitative estimate of drug-likeness (QED) is 0.712. The first-order valence-electron chi connectivity index (χ1n) is 9.26. The molecule has 1 saturated heterocycles. The number of hydrogen-bond acceptors (Lipinski definition) is 7. The van der Waals surface area contributed by atoms with Crippen molar-refractivity contribution in [2.45, 2.75) is 69.5 Å². The molecule has 9 heteroatoms. The maximum atomic E-state index is 12.9. The van der Waals surface area contributed by atoms with Crippen LogP contribution in [-0.2, 0) is 29.7 Å². The van der Waals surface area contributed by atoms with Crippen LogP contribution in [0.5, 0.6) is 0 Å². The van der Waals surface area contributed by atoms with Crippen LogP contribution in [0.15, 0.2) is 10.6 Å². The number of nitrogens with zero attached hydrogens (tertiary/aromatic N) is 1. The first kappa shape index (κ1) is 21.8. The van der Waals surface area contributed by atoms with Crippen LogP contribution >= 0.6 is 0 Å². The van der Waals surface area contributed by atoms with Crippen LogP contribution in [0.3, 0.4) is 0 Å². The molecule has 2 heterocycles. The third-order valence-electron chi connectivity index (χ3n) is 4.90. The van der Waals surface area contributed by atoms with Gasteiger partial charge in [-0.25, -0.2) is 8.42 Å². The van der Waals surface area contributed by atoms with Crippen LogP contribution in [-0.4, -0.2) is 49.3 Å². The zero-order chi connectivity index (χ0) is 20.3. The van der Waals surface area contributed by atoms with E-state index in [1.165, 1.54) is 13.8 Å². The molecule has 1 aromatic rings. The Hall–Kier alpha value is -1.45. The third-order valence-corrected chi connectivity index (χ3v) is 7.85. The largest absolute Gasteiger partial charge is 0.381 e. The summed E-state index contributed by atoms with van der Waals surface area (Å²) in [6.07, 6.45) is 1.66. The fourth-order valence-electron chi connectivity index (χ4n) is 2.84. The predicted molar refractivity (Wildman–Crippen MR) is 101 cm³/mol. The number of sulfone groups is 1. The second-order valence-corrected chi connectivity index (χ2v) is 10.5. The monoisotopic (exact) mass is 402 g/mol. The highest BCUT2D eigenvalue weighted by atomic mass is 32.2. The lowest BCUT2D eigenvalue weighted by molar-refractivity contribution is -0.118. The lowest BCUT2D eigenvalue weighted by Crippen LogP contribution is -2.50. The number of amides is 1. The van der Waals surface area contributed by atoms with Crippen LogP contribution in [0.4, 0.5) is 5.88 Å². The van der Waals surface area contributed by atoms with E-state index in [1.54, 1.807) is 6.07 Å². The molecule has 0 atom stereocenters. The molecule has 0 saturated carbocycles. The normalized spacial score (nSPS) is 17.1. The molecule has 1 aliphatic rings. The Kier molecular flexibility index (Phi) is 6.70. The number of ether oxygens (including phenoxy) is 2. The van der Waals surface area contributed by atoms with Crippen molar-refractivity contribution in [3.8, 4) is 0 Å². The lowest BCUT2D eigenvalue weighted by Gasteiger charge is -2.30. The Labute approximate surface area is 160 Å². The summed E-state index contributed by atoms with van der Waals surface area (Å²) >= 11 is 0. The van der Waals surface area contributed by atoms with Gasteiger partial charge in [-0.05, 0) is 47.0 Å². The van der Waals surface area contributed by atoms with Crippen molar-refractivity contribution in [1.82, 2.24) is 5.16 Å². The highest BCUT2D eigenvalue weighted by Gasteiger charge is 2.47. The molecule has 0 aromatic carbocycles. The van der Waals surface area contributed by atoms with Crippen LogP contribution in [0.1, 0.15) is 59.6 Å². The van der Waals surface area contributed by atoms with Gasteiger partial charge in [0.2, 0.25) is 11.8 Å². The highest BCUT2D eigenvalue weighted by Crippen LogP contribution is 2.30. The molecule has 0 unspecified atom stereocenters. The van der Waals surface area contributed by atoms with Gasteiger partial charge in [-0.1, -0.05) is 12.1 Å². The summed E-state index contributed by atoms with van der Waals surface area (Å²) in [7, 11) is -3.69. The van der Waals surface area contributed by atoms with Crippen molar-refractivity contribution in [2.24, 2.45) is 0 Å². The first-order chi connectivity index (χ1) is 12.5. The summed E-state index contributed by atoms with van der Waals surface area (Å²) in [6.45, 7) is 9.89. The minimum atomic E-state index is -3.69. The predicted octanol–water partition coefficient (Wildman–Crippen LogP) is 2.65. The molecular formula is C18H30N2O6S. The molecule has 0 radical (unpaired) electrons. The Morgan fingerprint density at radius 3 is 2.52 bits per heavy atom. The number of carbonyl (C=O) groups excluding carboxylic acids is 1. The molecule has 1 N–H and O–H groups in total. The van der Waals surface area contributed by atoms with Gasteiger partial charge in [-0.2, -0.15) is 0 Å². The molecule has 1 aromatic heterocycles. The molecular weight excluding hydrogens is 372 g/mol. The van der Waals surface area contributed by atoms with E-state index in [9.17, 15) is 13.2 Å². The van der Waals surface area contributed by atoms with Gasteiger partial charge in [0, 0.05) is 25.9 Å². The molecule has 0 spiro atoms. The summed E-state index contributed by atoms with van der Waals surface area (Å²) in [5, 5.41) is 5.90. The first-order valence-corrected chi connectivity index (χ1v) is 10.8. The van der Waals surface area contributed by atoms with Gasteiger partial charge >= 0.3 is 0 Å². The van der Waals surface area contributed by atoms with E-state index in [0.717, 1.165) is 6.42 Å². The van der Waals surface area contributed by atoms with Crippen molar-refractivity contribution in [3.63, 3.8) is 0 Å². The van der Waals surface area contributed by atoms with Gasteiger partial charge in [-0.3, -0.25) is 10.1 Å². The van der Waals surface area contributed by atoms with E-state index in [-0.39, 0.29) is 5.88 Å². The average Bonchev–Trinajstić information content (AvgIpc) is 3.10. The fourth-order valence-corrected chi connectivity index (χ4v) is 4.80. The molecule has 1 amide bonds. The SMILES string of the molecule is CCCOC(C)(C)c1cc(NC(=O)C(C)(C)S(=O)(=O)C2CCOCC2)on1. The van der Waals surface area contributed by atoms with E-state index in [4.69, 9.17) is 14.0 Å². The second kappa shape index (κ2) is 8.28. The van der Waals surface area contributed by atoms with Gasteiger partial charge in [0.15, 0.2) is 9.84 Å². The van der Waals surface area contributed by atoms with Crippen LogP contribution in [0.2, 0.25) is 0 Å². The highest BCUT2D eigenvalue weighted by molar-refractivity contribution is 7.94. The summed E-state index contributed by atoms with van der Waals surface area (Å²) in [5.41, 5.74) is -0.150. The molecule has 27 heavy (non-hydrogen) atoms. The standard InChI is InChI=1S/C18H30N2O6S/c1-6-9-25-17(2,3)14-12-15(26-20-14)19-16(21)18(4,5)27(22,23)13-7-10-24-11-8-13/h12-13H,6-11H2,1-5H3,(H,19,21). The van der Waals surface area contributed by atoms with Crippen LogP contribution < -0.4 is 5.32 Å². The van der Waals surface area contributed by atoms with Crippen LogP contribution in [0.25, 0.3) is 0 Å². The Morgan fingerprint density at radius 1 is 1.30 bits per heavy atom. The van der Waals surface area contributed by atoms with E-state index in [0.29, 0.717) is 38.4 Å². The van der Waals surface area contributed by atoms with Crippen molar-refractivity contribution < 1.29 is 27.2 Å². The summed E-state index contributed by atoms with van der Waals surface area (Å²) < 4.78 is 40.4. The molecule has 8 nitrogen and oxygen atoms in total. The summed E-state index contributed by atoms with van der Waals surface area (Å²) in [5.74, 6) is -0.553. The zero-order valence-corrected chi connectivity index (χ0v) is 17.5. The molecule has 0 bridgehead atoms. The molecule has 154 valence electrons. The molecule has 2 rings (SSSR count). The van der Waals surface area contributed by atoms with E-state index >= 15 is 0 Å². The Morgan fingerprint density at radius 2 is 1.93 bits per heavy atom. The van der Waals surface area contributed by atoms with Crippen molar-refractivity contribution >= 4 is 21.6 Å². The Balaban J connectivity index is 2.12.